The number of hydrogen-bond acceptors (Lipinski definition) is 3. The molecule has 0 aliphatic heterocycles. The fraction of sp³-hybridized carbons (Fsp3) is 0.500. The Morgan fingerprint density at radius 2 is 1.94 bits per heavy atom. The normalized spacial score (nSPS) is 13.6. The first-order valence-corrected chi connectivity index (χ1v) is 7.71. The Bertz CT molecular complexity index is 489. The minimum Gasteiger partial charge on any atom is -0.381 e. The quantitative estimate of drug-likeness (QED) is 0.818. The maximum absolute atomic E-state index is 12.2. The van der Waals surface area contributed by atoms with E-state index >= 15 is 0 Å². The second kappa shape index (κ2) is 6.41. The summed E-state index contributed by atoms with van der Waals surface area (Å²) in [7, 11) is -0.386. The van der Waals surface area contributed by atoms with Crippen LogP contribution in [0.3, 0.4) is 0 Å². The third-order valence-electron chi connectivity index (χ3n) is 2.59. The van der Waals surface area contributed by atoms with Gasteiger partial charge < -0.3 is 5.32 Å². The highest BCUT2D eigenvalue weighted by molar-refractivity contribution is 7.89. The molecule has 0 amide bonds. The van der Waals surface area contributed by atoms with Crippen molar-refractivity contribution < 1.29 is 8.42 Å². The number of nitrogens with one attached hydrogen (secondary N) is 1. The van der Waals surface area contributed by atoms with E-state index in [1.807, 2.05) is 13.0 Å². The van der Waals surface area contributed by atoms with Crippen molar-refractivity contribution in [1.29, 1.82) is 0 Å². The summed E-state index contributed by atoms with van der Waals surface area (Å²) in [5, 5.41) is 3.18. The summed E-state index contributed by atoms with van der Waals surface area (Å²) in [6.07, 6.45) is 0.776. The van der Waals surface area contributed by atoms with Crippen LogP contribution in [-0.2, 0) is 10.0 Å². The summed E-state index contributed by atoms with van der Waals surface area (Å²) in [5.74, 6) is 0.538. The van der Waals surface area contributed by atoms with Crippen molar-refractivity contribution >= 4 is 27.3 Å². The van der Waals surface area contributed by atoms with Gasteiger partial charge >= 0.3 is 0 Å². The maximum atomic E-state index is 12.2. The molecule has 1 aromatic carbocycles. The minimum absolute atomic E-state index is 0.126. The van der Waals surface area contributed by atoms with E-state index in [2.05, 4.69) is 5.32 Å². The summed E-state index contributed by atoms with van der Waals surface area (Å²) < 4.78 is 25.5. The van der Waals surface area contributed by atoms with Gasteiger partial charge in [-0.3, -0.25) is 0 Å². The molecule has 0 saturated carbocycles. The molecule has 0 spiro atoms. The molecule has 0 aromatic heterocycles. The van der Waals surface area contributed by atoms with E-state index in [4.69, 9.17) is 11.6 Å². The maximum Gasteiger partial charge on any atom is 0.244 e. The Labute approximate surface area is 114 Å². The molecule has 1 aromatic rings. The number of halogens is 1. The fourth-order valence-electron chi connectivity index (χ4n) is 1.51. The second-order valence-electron chi connectivity index (χ2n) is 4.31. The van der Waals surface area contributed by atoms with E-state index in [1.165, 1.54) is 18.4 Å². The number of sulfonamides is 1. The molecule has 102 valence electrons. The van der Waals surface area contributed by atoms with Crippen molar-refractivity contribution in [3.05, 3.63) is 24.3 Å². The zero-order valence-corrected chi connectivity index (χ0v) is 12.4. The standard InChI is InChI=1S/C12H19ClN2O2S/c1-10(8-9-13)14-11-6-4-5-7-12(11)18(16,17)15(2)3/h4-7,10,14H,8-9H2,1-3H3. The van der Waals surface area contributed by atoms with Crippen LogP contribution in [0.15, 0.2) is 29.2 Å². The molecule has 1 rings (SSSR count). The van der Waals surface area contributed by atoms with Crippen molar-refractivity contribution in [1.82, 2.24) is 4.31 Å². The highest BCUT2D eigenvalue weighted by Crippen LogP contribution is 2.24. The molecule has 0 aliphatic rings. The van der Waals surface area contributed by atoms with E-state index in [0.29, 0.717) is 11.6 Å². The highest BCUT2D eigenvalue weighted by Gasteiger charge is 2.21. The smallest absolute Gasteiger partial charge is 0.244 e. The third-order valence-corrected chi connectivity index (χ3v) is 4.68. The topological polar surface area (TPSA) is 49.4 Å². The molecule has 0 saturated heterocycles. The summed E-state index contributed by atoms with van der Waals surface area (Å²) in [4.78, 5) is 0.288. The van der Waals surface area contributed by atoms with Gasteiger partial charge in [0.2, 0.25) is 10.0 Å². The lowest BCUT2D eigenvalue weighted by molar-refractivity contribution is 0.521. The average Bonchev–Trinajstić information content (AvgIpc) is 2.29. The van der Waals surface area contributed by atoms with Gasteiger partial charge in [-0.25, -0.2) is 12.7 Å². The predicted molar refractivity (Wildman–Crippen MR) is 75.7 cm³/mol. The zero-order chi connectivity index (χ0) is 13.8. The molecule has 0 aliphatic carbocycles. The van der Waals surface area contributed by atoms with E-state index in [9.17, 15) is 8.42 Å². The zero-order valence-electron chi connectivity index (χ0n) is 10.9. The summed E-state index contributed by atoms with van der Waals surface area (Å²) in [6, 6.07) is 7.02. The van der Waals surface area contributed by atoms with Gasteiger partial charge in [-0.15, -0.1) is 11.6 Å². The van der Waals surface area contributed by atoms with Crippen molar-refractivity contribution in [2.75, 3.05) is 25.3 Å². The molecule has 0 radical (unpaired) electrons. The number of rotatable bonds is 6. The van der Waals surface area contributed by atoms with Crippen LogP contribution in [0.25, 0.3) is 0 Å². The van der Waals surface area contributed by atoms with E-state index in [-0.39, 0.29) is 10.9 Å². The van der Waals surface area contributed by atoms with E-state index in [1.54, 1.807) is 18.2 Å². The lowest BCUT2D eigenvalue weighted by Gasteiger charge is -2.19. The molecule has 1 unspecified atom stereocenters. The van der Waals surface area contributed by atoms with Crippen LogP contribution >= 0.6 is 11.6 Å². The predicted octanol–water partition coefficient (Wildman–Crippen LogP) is 2.37. The average molecular weight is 291 g/mol. The first kappa shape index (κ1) is 15.3. The SMILES string of the molecule is CC(CCCl)Nc1ccccc1S(=O)(=O)N(C)C. The molecule has 1 N–H and O–H groups in total. The monoisotopic (exact) mass is 290 g/mol. The van der Waals surface area contributed by atoms with Crippen molar-refractivity contribution in [2.24, 2.45) is 0 Å². The van der Waals surface area contributed by atoms with Gasteiger partial charge in [0.15, 0.2) is 0 Å². The molecule has 0 heterocycles. The van der Waals surface area contributed by atoms with E-state index in [0.717, 1.165) is 6.42 Å². The number of nitrogens with zero attached hydrogens (tertiary/aromatic N) is 1. The molecular weight excluding hydrogens is 272 g/mol. The molecule has 0 bridgehead atoms. The Balaban J connectivity index is 3.08. The second-order valence-corrected chi connectivity index (χ2v) is 6.80. The van der Waals surface area contributed by atoms with Gasteiger partial charge in [0, 0.05) is 26.0 Å². The Kier molecular flexibility index (Phi) is 5.44. The van der Waals surface area contributed by atoms with Crippen LogP contribution in [0.4, 0.5) is 5.69 Å². The van der Waals surface area contributed by atoms with Gasteiger partial charge in [0.25, 0.3) is 0 Å². The molecule has 4 nitrogen and oxygen atoms in total. The molecule has 1 atom stereocenters. The summed E-state index contributed by atoms with van der Waals surface area (Å²) in [5.41, 5.74) is 0.615. The lowest BCUT2D eigenvalue weighted by Crippen LogP contribution is -2.25. The van der Waals surface area contributed by atoms with Gasteiger partial charge in [0.1, 0.15) is 4.90 Å². The van der Waals surface area contributed by atoms with Crippen molar-refractivity contribution in [2.45, 2.75) is 24.3 Å². The van der Waals surface area contributed by atoms with Gasteiger partial charge in [-0.1, -0.05) is 12.1 Å². The van der Waals surface area contributed by atoms with Crippen LogP contribution in [0, 0.1) is 0 Å². The molecule has 18 heavy (non-hydrogen) atoms. The molecule has 0 fully saturated rings. The van der Waals surface area contributed by atoms with Crippen LogP contribution in [-0.4, -0.2) is 38.7 Å². The first-order valence-electron chi connectivity index (χ1n) is 5.73. The fourth-order valence-corrected chi connectivity index (χ4v) is 2.88. The lowest BCUT2D eigenvalue weighted by atomic mass is 10.2. The van der Waals surface area contributed by atoms with Crippen LogP contribution in [0.2, 0.25) is 0 Å². The van der Waals surface area contributed by atoms with Gasteiger partial charge in [-0.2, -0.15) is 0 Å². The van der Waals surface area contributed by atoms with E-state index < -0.39 is 10.0 Å². The van der Waals surface area contributed by atoms with Gasteiger partial charge in [-0.05, 0) is 25.5 Å². The molecular formula is C12H19ClN2O2S. The minimum atomic E-state index is -3.43. The largest absolute Gasteiger partial charge is 0.381 e. The first-order chi connectivity index (χ1) is 8.39. The third kappa shape index (κ3) is 3.60. The number of hydrogen-bond donors (Lipinski definition) is 1. The Morgan fingerprint density at radius 3 is 2.50 bits per heavy atom. The number of anilines is 1. The highest BCUT2D eigenvalue weighted by atomic mass is 35.5. The van der Waals surface area contributed by atoms with Crippen LogP contribution in [0.1, 0.15) is 13.3 Å². The number of alkyl halides is 1. The number of benzene rings is 1. The van der Waals surface area contributed by atoms with Crippen molar-refractivity contribution in [3.63, 3.8) is 0 Å². The summed E-state index contributed by atoms with van der Waals surface area (Å²) >= 11 is 5.68. The Morgan fingerprint density at radius 1 is 1.33 bits per heavy atom. The van der Waals surface area contributed by atoms with Crippen LogP contribution in [0.5, 0.6) is 0 Å². The summed E-state index contributed by atoms with van der Waals surface area (Å²) in [6.45, 7) is 1.97. The number of para-hydroxylation sites is 1. The Hall–Kier alpha value is -0.780. The van der Waals surface area contributed by atoms with Crippen LogP contribution < -0.4 is 5.32 Å². The molecule has 6 heteroatoms. The van der Waals surface area contributed by atoms with Crippen molar-refractivity contribution in [3.8, 4) is 0 Å². The van der Waals surface area contributed by atoms with Gasteiger partial charge in [0.05, 0.1) is 5.69 Å².